The number of sulfonamides is 1. The van der Waals surface area contributed by atoms with Crippen molar-refractivity contribution in [3.63, 3.8) is 0 Å². The molecule has 130 valence electrons. The van der Waals surface area contributed by atoms with Crippen molar-refractivity contribution in [2.24, 2.45) is 0 Å². The molecule has 1 N–H and O–H groups in total. The Kier molecular flexibility index (Phi) is 5.01. The zero-order chi connectivity index (χ0) is 18.2. The van der Waals surface area contributed by atoms with Gasteiger partial charge in [-0.1, -0.05) is 0 Å². The van der Waals surface area contributed by atoms with Gasteiger partial charge in [0.2, 0.25) is 10.0 Å². The Bertz CT molecular complexity index is 678. The maximum Gasteiger partial charge on any atom is 0.416 e. The Morgan fingerprint density at radius 1 is 1.04 bits per heavy atom. The lowest BCUT2D eigenvalue weighted by molar-refractivity contribution is -0.143. The monoisotopic (exact) mass is 365 g/mol. The second-order valence-corrected chi connectivity index (χ2v) is 6.44. The fourth-order valence-electron chi connectivity index (χ4n) is 1.53. The van der Waals surface area contributed by atoms with E-state index in [1.165, 1.54) is 0 Å². The van der Waals surface area contributed by atoms with Gasteiger partial charge in [-0.25, -0.2) is 8.42 Å². The molecule has 0 fully saturated rings. The molecular formula is C11H9F6NO4S. The van der Waals surface area contributed by atoms with Crippen LogP contribution < -0.4 is 0 Å². The Hall–Kier alpha value is -1.82. The number of likely N-dealkylation sites (N-methyl/N-ethyl adjacent to an activating group) is 1. The average molecular weight is 365 g/mol. The van der Waals surface area contributed by atoms with Gasteiger partial charge in [-0.3, -0.25) is 4.79 Å². The molecule has 0 heterocycles. The molecule has 0 aliphatic carbocycles. The van der Waals surface area contributed by atoms with Crippen LogP contribution in [0.3, 0.4) is 0 Å². The highest BCUT2D eigenvalue weighted by Gasteiger charge is 2.38. The lowest BCUT2D eigenvalue weighted by Gasteiger charge is -2.18. The minimum absolute atomic E-state index is 0.0168. The quantitative estimate of drug-likeness (QED) is 0.832. The first-order valence-corrected chi connectivity index (χ1v) is 7.07. The number of halogens is 6. The van der Waals surface area contributed by atoms with Crippen LogP contribution in [0.4, 0.5) is 26.3 Å². The average Bonchev–Trinajstić information content (AvgIpc) is 2.35. The molecule has 1 aromatic rings. The van der Waals surface area contributed by atoms with Crippen LogP contribution in [0.15, 0.2) is 23.1 Å². The van der Waals surface area contributed by atoms with Crippen molar-refractivity contribution < 1.29 is 44.7 Å². The van der Waals surface area contributed by atoms with Crippen LogP contribution in [-0.4, -0.2) is 37.4 Å². The number of carbonyl (C=O) groups is 1. The highest BCUT2D eigenvalue weighted by Crippen LogP contribution is 2.37. The third-order valence-electron chi connectivity index (χ3n) is 2.63. The normalized spacial score (nSPS) is 13.4. The number of benzene rings is 1. The van der Waals surface area contributed by atoms with E-state index in [1.807, 2.05) is 0 Å². The molecule has 0 aliphatic heterocycles. The molecule has 0 aromatic heterocycles. The van der Waals surface area contributed by atoms with Crippen molar-refractivity contribution >= 4 is 16.0 Å². The van der Waals surface area contributed by atoms with E-state index in [4.69, 9.17) is 5.11 Å². The summed E-state index contributed by atoms with van der Waals surface area (Å²) in [5, 5.41) is 8.50. The molecule has 0 bridgehead atoms. The molecule has 1 aromatic carbocycles. The summed E-state index contributed by atoms with van der Waals surface area (Å²) >= 11 is 0. The summed E-state index contributed by atoms with van der Waals surface area (Å²) in [6, 6.07) is -0.192. The number of alkyl halides is 6. The Morgan fingerprint density at radius 3 is 1.74 bits per heavy atom. The molecular weight excluding hydrogens is 356 g/mol. The SMILES string of the molecule is CN(CC(=O)O)S(=O)(=O)c1cc(C(F)(F)F)cc(C(F)(F)F)c1. The molecule has 0 spiro atoms. The smallest absolute Gasteiger partial charge is 0.416 e. The molecule has 5 nitrogen and oxygen atoms in total. The lowest BCUT2D eigenvalue weighted by Crippen LogP contribution is -2.32. The van der Waals surface area contributed by atoms with Crippen LogP contribution in [-0.2, 0) is 27.2 Å². The largest absolute Gasteiger partial charge is 0.480 e. The van der Waals surface area contributed by atoms with Crippen molar-refractivity contribution in [2.75, 3.05) is 13.6 Å². The summed E-state index contributed by atoms with van der Waals surface area (Å²) < 4.78 is 100. The van der Waals surface area contributed by atoms with E-state index in [0.717, 1.165) is 7.05 Å². The number of aliphatic carboxylic acids is 1. The predicted octanol–water partition coefficient (Wildman–Crippen LogP) is 2.43. The summed E-state index contributed by atoms with van der Waals surface area (Å²) in [5.74, 6) is -1.63. The van der Waals surface area contributed by atoms with Crippen LogP contribution in [0.2, 0.25) is 0 Å². The number of hydrogen-bond donors (Lipinski definition) is 1. The molecule has 0 radical (unpaired) electrons. The van der Waals surface area contributed by atoms with E-state index < -0.39 is 50.9 Å². The van der Waals surface area contributed by atoms with E-state index in [0.29, 0.717) is 0 Å². The van der Waals surface area contributed by atoms with E-state index in [-0.39, 0.29) is 22.5 Å². The second-order valence-electron chi connectivity index (χ2n) is 4.40. The number of hydrogen-bond acceptors (Lipinski definition) is 3. The number of nitrogens with zero attached hydrogens (tertiary/aromatic N) is 1. The van der Waals surface area contributed by atoms with E-state index in [9.17, 15) is 39.6 Å². The van der Waals surface area contributed by atoms with Crippen molar-refractivity contribution in [1.82, 2.24) is 4.31 Å². The zero-order valence-corrected chi connectivity index (χ0v) is 12.1. The molecule has 23 heavy (non-hydrogen) atoms. The molecule has 0 saturated heterocycles. The number of carboxylic acid groups (broad SMARTS) is 1. The molecule has 0 atom stereocenters. The van der Waals surface area contributed by atoms with E-state index in [1.54, 1.807) is 0 Å². The van der Waals surface area contributed by atoms with Crippen molar-refractivity contribution in [2.45, 2.75) is 17.2 Å². The molecule has 0 amide bonds. The van der Waals surface area contributed by atoms with Crippen molar-refractivity contribution in [3.05, 3.63) is 29.3 Å². The summed E-state index contributed by atoms with van der Waals surface area (Å²) in [5.41, 5.74) is -3.62. The topological polar surface area (TPSA) is 74.7 Å². The predicted molar refractivity (Wildman–Crippen MR) is 63.9 cm³/mol. The molecule has 0 saturated carbocycles. The molecule has 0 unspecified atom stereocenters. The van der Waals surface area contributed by atoms with Crippen LogP contribution in [0.1, 0.15) is 11.1 Å². The first kappa shape index (κ1) is 19.2. The summed E-state index contributed by atoms with van der Waals surface area (Å²) in [4.78, 5) is 9.17. The first-order chi connectivity index (χ1) is 10.2. The zero-order valence-electron chi connectivity index (χ0n) is 11.2. The van der Waals surface area contributed by atoms with Gasteiger partial charge in [0.05, 0.1) is 16.0 Å². The minimum Gasteiger partial charge on any atom is -0.480 e. The number of carboxylic acids is 1. The van der Waals surface area contributed by atoms with Crippen molar-refractivity contribution in [3.8, 4) is 0 Å². The van der Waals surface area contributed by atoms with Crippen LogP contribution in [0.25, 0.3) is 0 Å². The van der Waals surface area contributed by atoms with Gasteiger partial charge < -0.3 is 5.11 Å². The Morgan fingerprint density at radius 2 is 1.43 bits per heavy atom. The summed E-state index contributed by atoms with van der Waals surface area (Å²) in [6.45, 7) is -1.13. The maximum atomic E-state index is 12.7. The van der Waals surface area contributed by atoms with Gasteiger partial charge in [-0.05, 0) is 18.2 Å². The standard InChI is InChI=1S/C11H9F6NO4S/c1-18(5-9(19)20)23(21,22)8-3-6(10(12,13)14)2-7(4-8)11(15,16)17/h2-4H,5H2,1H3,(H,19,20). The van der Waals surface area contributed by atoms with Gasteiger partial charge in [0.25, 0.3) is 0 Å². The van der Waals surface area contributed by atoms with Gasteiger partial charge in [-0.15, -0.1) is 0 Å². The van der Waals surface area contributed by atoms with Crippen LogP contribution >= 0.6 is 0 Å². The molecule has 1 rings (SSSR count). The van der Waals surface area contributed by atoms with Gasteiger partial charge >= 0.3 is 18.3 Å². The van der Waals surface area contributed by atoms with Gasteiger partial charge in [0, 0.05) is 7.05 Å². The minimum atomic E-state index is -5.21. The molecule has 12 heteroatoms. The first-order valence-electron chi connectivity index (χ1n) is 5.63. The number of rotatable bonds is 4. The van der Waals surface area contributed by atoms with Crippen molar-refractivity contribution in [1.29, 1.82) is 0 Å². The van der Waals surface area contributed by atoms with Crippen LogP contribution in [0, 0.1) is 0 Å². The second kappa shape index (κ2) is 6.00. The summed E-state index contributed by atoms with van der Waals surface area (Å²) in [6.07, 6.45) is -10.4. The van der Waals surface area contributed by atoms with E-state index >= 15 is 0 Å². The highest BCUT2D eigenvalue weighted by molar-refractivity contribution is 7.89. The van der Waals surface area contributed by atoms with E-state index in [2.05, 4.69) is 0 Å². The lowest BCUT2D eigenvalue weighted by atomic mass is 10.1. The highest BCUT2D eigenvalue weighted by atomic mass is 32.2. The fraction of sp³-hybridized carbons (Fsp3) is 0.364. The van der Waals surface area contributed by atoms with Crippen LogP contribution in [0.5, 0.6) is 0 Å². The molecule has 0 aliphatic rings. The third kappa shape index (κ3) is 4.58. The summed E-state index contributed by atoms with van der Waals surface area (Å²) in [7, 11) is -4.13. The Balaban J connectivity index is 3.55. The van der Waals surface area contributed by atoms with Gasteiger partial charge in [0.1, 0.15) is 6.54 Å². The van der Waals surface area contributed by atoms with Gasteiger partial charge in [-0.2, -0.15) is 30.6 Å². The van der Waals surface area contributed by atoms with Gasteiger partial charge in [0.15, 0.2) is 0 Å². The third-order valence-corrected chi connectivity index (χ3v) is 4.41. The Labute approximate surface area is 126 Å². The maximum absolute atomic E-state index is 12.7. The fourth-order valence-corrected chi connectivity index (χ4v) is 2.72.